The van der Waals surface area contributed by atoms with Crippen LogP contribution in [0.25, 0.3) is 0 Å². The first-order valence-electron chi connectivity index (χ1n) is 6.79. The van der Waals surface area contributed by atoms with Crippen LogP contribution < -0.4 is 0 Å². The molecule has 1 heterocycles. The zero-order chi connectivity index (χ0) is 13.9. The molecule has 0 amide bonds. The van der Waals surface area contributed by atoms with E-state index in [-0.39, 0.29) is 29.7 Å². The molecule has 1 aliphatic heterocycles. The lowest BCUT2D eigenvalue weighted by Crippen LogP contribution is -2.42. The van der Waals surface area contributed by atoms with E-state index < -0.39 is 15.5 Å². The van der Waals surface area contributed by atoms with Gasteiger partial charge in [-0.1, -0.05) is 13.8 Å². The van der Waals surface area contributed by atoms with E-state index in [0.29, 0.717) is 25.4 Å². The van der Waals surface area contributed by atoms with Gasteiger partial charge in [0.05, 0.1) is 24.4 Å². The van der Waals surface area contributed by atoms with Crippen molar-refractivity contribution in [1.82, 2.24) is 0 Å². The van der Waals surface area contributed by atoms with E-state index in [1.54, 1.807) is 0 Å². The molecule has 0 aromatic carbocycles. The monoisotopic (exact) mass is 288 g/mol. The van der Waals surface area contributed by atoms with Crippen molar-refractivity contribution in [3.8, 4) is 0 Å². The maximum atomic E-state index is 12.3. The van der Waals surface area contributed by atoms with Gasteiger partial charge < -0.3 is 4.74 Å². The largest absolute Gasteiger partial charge is 0.371 e. The van der Waals surface area contributed by atoms with Gasteiger partial charge in [-0.15, -0.1) is 0 Å². The fourth-order valence-corrected chi connectivity index (χ4v) is 5.52. The smallest absolute Gasteiger partial charge is 0.268 e. The lowest BCUT2D eigenvalue weighted by Gasteiger charge is -2.35. The Hall–Kier alpha value is -0.460. The highest BCUT2D eigenvalue weighted by Gasteiger charge is 2.65. The number of carbonyl (C=O) groups is 1. The summed E-state index contributed by atoms with van der Waals surface area (Å²) in [5, 5.41) is 0. The van der Waals surface area contributed by atoms with E-state index >= 15 is 0 Å². The van der Waals surface area contributed by atoms with Crippen molar-refractivity contribution >= 4 is 15.9 Å². The minimum Gasteiger partial charge on any atom is -0.371 e. The molecule has 5 nitrogen and oxygen atoms in total. The topological polar surface area (TPSA) is 73.0 Å². The molecule has 0 aromatic heterocycles. The van der Waals surface area contributed by atoms with E-state index in [9.17, 15) is 13.2 Å². The normalized spacial score (nSPS) is 39.8. The summed E-state index contributed by atoms with van der Waals surface area (Å²) in [6.45, 7) is 4.69. The molecule has 19 heavy (non-hydrogen) atoms. The number of carbonyl (C=O) groups excluding carboxylic acids is 1. The molecular weight excluding hydrogens is 268 g/mol. The first-order valence-corrected chi connectivity index (χ1v) is 8.37. The van der Waals surface area contributed by atoms with Crippen LogP contribution in [0.15, 0.2) is 0 Å². The molecule has 0 N–H and O–H groups in total. The molecule has 3 aliphatic rings. The second kappa shape index (κ2) is 4.02. The van der Waals surface area contributed by atoms with E-state index in [0.717, 1.165) is 6.42 Å². The average molecular weight is 288 g/mol. The molecule has 6 heteroatoms. The number of rotatable bonds is 5. The van der Waals surface area contributed by atoms with Gasteiger partial charge in [0.15, 0.2) is 0 Å². The van der Waals surface area contributed by atoms with Gasteiger partial charge in [-0.3, -0.25) is 8.98 Å². The Morgan fingerprint density at radius 3 is 2.58 bits per heavy atom. The van der Waals surface area contributed by atoms with Crippen molar-refractivity contribution in [2.75, 3.05) is 19.0 Å². The third-order valence-electron chi connectivity index (χ3n) is 5.40. The van der Waals surface area contributed by atoms with Crippen molar-refractivity contribution in [3.63, 3.8) is 0 Å². The summed E-state index contributed by atoms with van der Waals surface area (Å²) >= 11 is 0. The molecule has 3 unspecified atom stereocenters. The van der Waals surface area contributed by atoms with Gasteiger partial charge in [-0.05, 0) is 24.2 Å². The van der Waals surface area contributed by atoms with Crippen LogP contribution in [0.1, 0.15) is 33.1 Å². The SMILES string of the molecule is CC1(C)C2CCC1(CS(=O)(=O)OCC1CO1)C(=O)C2. The highest BCUT2D eigenvalue weighted by atomic mass is 32.2. The summed E-state index contributed by atoms with van der Waals surface area (Å²) < 4.78 is 34.1. The maximum absolute atomic E-state index is 12.3. The Kier molecular flexibility index (Phi) is 2.86. The van der Waals surface area contributed by atoms with E-state index in [4.69, 9.17) is 8.92 Å². The molecule has 3 rings (SSSR count). The molecular formula is C13H20O5S. The number of ketones is 1. The van der Waals surface area contributed by atoms with Gasteiger partial charge in [0, 0.05) is 6.42 Å². The second-order valence-corrected chi connectivity index (χ2v) is 8.25. The van der Waals surface area contributed by atoms with Gasteiger partial charge in [0.25, 0.3) is 10.1 Å². The van der Waals surface area contributed by atoms with Crippen molar-refractivity contribution < 1.29 is 22.1 Å². The number of hydrogen-bond acceptors (Lipinski definition) is 5. The van der Waals surface area contributed by atoms with Crippen LogP contribution in [0.3, 0.4) is 0 Å². The molecule has 2 aliphatic carbocycles. The maximum Gasteiger partial charge on any atom is 0.268 e. The third kappa shape index (κ3) is 2.04. The molecule has 1 saturated heterocycles. The van der Waals surface area contributed by atoms with Crippen LogP contribution >= 0.6 is 0 Å². The van der Waals surface area contributed by atoms with Crippen molar-refractivity contribution in [2.24, 2.45) is 16.7 Å². The summed E-state index contributed by atoms with van der Waals surface area (Å²) in [5.41, 5.74) is -0.975. The predicted octanol–water partition coefficient (Wildman–Crippen LogP) is 1.13. The van der Waals surface area contributed by atoms with Crippen molar-refractivity contribution in [2.45, 2.75) is 39.2 Å². The molecule has 0 radical (unpaired) electrons. The van der Waals surface area contributed by atoms with E-state index in [1.807, 2.05) is 13.8 Å². The fourth-order valence-electron chi connectivity index (χ4n) is 3.80. The molecule has 3 fully saturated rings. The van der Waals surface area contributed by atoms with Crippen molar-refractivity contribution in [1.29, 1.82) is 0 Å². The Morgan fingerprint density at radius 1 is 1.42 bits per heavy atom. The quantitative estimate of drug-likeness (QED) is 0.560. The second-order valence-electron chi connectivity index (χ2n) is 6.61. The first-order chi connectivity index (χ1) is 8.77. The van der Waals surface area contributed by atoms with Crippen molar-refractivity contribution in [3.05, 3.63) is 0 Å². The predicted molar refractivity (Wildman–Crippen MR) is 68.0 cm³/mol. The van der Waals surface area contributed by atoms with Gasteiger partial charge in [-0.2, -0.15) is 8.42 Å². The lowest BCUT2D eigenvalue weighted by atomic mass is 9.70. The van der Waals surface area contributed by atoms with Crippen LogP contribution in [0, 0.1) is 16.7 Å². The number of hydrogen-bond donors (Lipinski definition) is 0. The van der Waals surface area contributed by atoms with Gasteiger partial charge in [0.1, 0.15) is 11.9 Å². The molecule has 0 aromatic rings. The zero-order valence-corrected chi connectivity index (χ0v) is 12.2. The Morgan fingerprint density at radius 2 is 2.11 bits per heavy atom. The van der Waals surface area contributed by atoms with Gasteiger partial charge in [-0.25, -0.2) is 0 Å². The molecule has 2 bridgehead atoms. The van der Waals surface area contributed by atoms with Gasteiger partial charge >= 0.3 is 0 Å². The van der Waals surface area contributed by atoms with Crippen LogP contribution in [0.2, 0.25) is 0 Å². The summed E-state index contributed by atoms with van der Waals surface area (Å²) in [6.07, 6.45) is 2.05. The Balaban J connectivity index is 1.78. The molecule has 108 valence electrons. The lowest BCUT2D eigenvalue weighted by molar-refractivity contribution is -0.128. The third-order valence-corrected chi connectivity index (χ3v) is 6.74. The van der Waals surface area contributed by atoms with E-state index in [1.165, 1.54) is 0 Å². The first kappa shape index (κ1) is 13.5. The minimum atomic E-state index is -3.67. The Bertz CT molecular complexity index is 505. The summed E-state index contributed by atoms with van der Waals surface area (Å²) in [6, 6.07) is 0. The standard InChI is InChI=1S/C13H20O5S/c1-12(2)9-3-4-13(12,11(14)5-9)8-19(15,16)18-7-10-6-17-10/h9-10H,3-8H2,1-2H3. The summed E-state index contributed by atoms with van der Waals surface area (Å²) in [5.74, 6) is 0.250. The number of fused-ring (bicyclic) bond motifs is 2. The Labute approximate surface area is 113 Å². The fraction of sp³-hybridized carbons (Fsp3) is 0.923. The highest BCUT2D eigenvalue weighted by Crippen LogP contribution is 2.64. The number of ether oxygens (including phenoxy) is 1. The molecule has 2 saturated carbocycles. The summed E-state index contributed by atoms with van der Waals surface area (Å²) in [4.78, 5) is 12.3. The number of epoxide rings is 1. The van der Waals surface area contributed by atoms with Gasteiger partial charge in [0.2, 0.25) is 0 Å². The molecule has 3 atom stereocenters. The zero-order valence-electron chi connectivity index (χ0n) is 11.3. The van der Waals surface area contributed by atoms with E-state index in [2.05, 4.69) is 0 Å². The van der Waals surface area contributed by atoms with Crippen LogP contribution in [-0.4, -0.2) is 39.3 Å². The average Bonchev–Trinajstić information content (AvgIpc) is 3.06. The van der Waals surface area contributed by atoms with Crippen LogP contribution in [0.4, 0.5) is 0 Å². The summed E-state index contributed by atoms with van der Waals surface area (Å²) in [7, 11) is -3.67. The number of Topliss-reactive ketones (excluding diaryl/α,β-unsaturated/α-hetero) is 1. The molecule has 0 spiro atoms. The highest BCUT2D eigenvalue weighted by molar-refractivity contribution is 7.86. The van der Waals surface area contributed by atoms with Crippen LogP contribution in [-0.2, 0) is 23.8 Å². The minimum absolute atomic E-state index is 0.0798. The van der Waals surface area contributed by atoms with Crippen LogP contribution in [0.5, 0.6) is 0 Å².